The molecule has 108 valence electrons. The van der Waals surface area contributed by atoms with E-state index in [1.165, 1.54) is 0 Å². The van der Waals surface area contributed by atoms with Gasteiger partial charge in [-0.25, -0.2) is 4.79 Å². The highest BCUT2D eigenvalue weighted by Crippen LogP contribution is 2.36. The van der Waals surface area contributed by atoms with Gasteiger partial charge in [0.05, 0.1) is 0 Å². The smallest absolute Gasteiger partial charge is 0.332 e. The Bertz CT molecular complexity index is 738. The van der Waals surface area contributed by atoms with Gasteiger partial charge in [-0.3, -0.25) is 0 Å². The number of rotatable bonds is 5. The van der Waals surface area contributed by atoms with E-state index in [0.29, 0.717) is 11.1 Å². The molecule has 2 aromatic rings. The first-order chi connectivity index (χ1) is 10.7. The molecular formula is C20H16O2. The number of carbonyl (C=O) groups excluding carboxylic acids is 1. The molecular weight excluding hydrogens is 272 g/mol. The van der Waals surface area contributed by atoms with Crippen molar-refractivity contribution in [2.45, 2.75) is 5.60 Å². The molecule has 22 heavy (non-hydrogen) atoms. The number of esters is 1. The van der Waals surface area contributed by atoms with E-state index >= 15 is 0 Å². The number of ether oxygens (including phenoxy) is 1. The Morgan fingerprint density at radius 3 is 2.32 bits per heavy atom. The quantitative estimate of drug-likeness (QED) is 0.473. The third kappa shape index (κ3) is 2.70. The predicted molar refractivity (Wildman–Crippen MR) is 88.9 cm³/mol. The molecule has 0 aromatic heterocycles. The molecule has 0 N–H and O–H groups in total. The van der Waals surface area contributed by atoms with Crippen LogP contribution >= 0.6 is 0 Å². The normalized spacial score (nSPS) is 12.5. The molecule has 0 heterocycles. The van der Waals surface area contributed by atoms with Crippen molar-refractivity contribution in [1.29, 1.82) is 0 Å². The SMILES string of the molecule is C#CC(OC(=O)C=C)(c1ccccc1)c1ccccc1C=C. The van der Waals surface area contributed by atoms with Crippen molar-refractivity contribution in [3.63, 3.8) is 0 Å². The highest BCUT2D eigenvalue weighted by atomic mass is 16.6. The summed E-state index contributed by atoms with van der Waals surface area (Å²) in [6.45, 7) is 7.25. The van der Waals surface area contributed by atoms with Crippen LogP contribution in [0.25, 0.3) is 6.08 Å². The molecule has 2 nitrogen and oxygen atoms in total. The van der Waals surface area contributed by atoms with Crippen molar-refractivity contribution in [2.75, 3.05) is 0 Å². The van der Waals surface area contributed by atoms with Crippen LogP contribution < -0.4 is 0 Å². The Kier molecular flexibility index (Phi) is 4.60. The van der Waals surface area contributed by atoms with E-state index in [4.69, 9.17) is 11.2 Å². The lowest BCUT2D eigenvalue weighted by atomic mass is 9.84. The standard InChI is InChI=1S/C20H16O2/c1-4-16-12-10-11-15-18(16)20(6-3,22-19(21)5-2)17-13-8-7-9-14-17/h3-5,7-15H,1-2H2. The van der Waals surface area contributed by atoms with Crippen LogP contribution in [0.2, 0.25) is 0 Å². The van der Waals surface area contributed by atoms with E-state index in [-0.39, 0.29) is 0 Å². The minimum Gasteiger partial charge on any atom is -0.434 e. The van der Waals surface area contributed by atoms with Gasteiger partial charge in [-0.05, 0) is 11.5 Å². The third-order valence-corrected chi connectivity index (χ3v) is 3.36. The molecule has 1 unspecified atom stereocenters. The van der Waals surface area contributed by atoms with Crippen LogP contribution in [0.1, 0.15) is 16.7 Å². The van der Waals surface area contributed by atoms with Crippen molar-refractivity contribution >= 4 is 12.0 Å². The largest absolute Gasteiger partial charge is 0.434 e. The van der Waals surface area contributed by atoms with Gasteiger partial charge in [-0.15, -0.1) is 6.42 Å². The van der Waals surface area contributed by atoms with E-state index in [2.05, 4.69) is 19.1 Å². The molecule has 1 atom stereocenters. The van der Waals surface area contributed by atoms with Gasteiger partial charge >= 0.3 is 5.97 Å². The Labute approximate surface area is 130 Å². The van der Waals surface area contributed by atoms with Gasteiger partial charge in [0.15, 0.2) is 0 Å². The van der Waals surface area contributed by atoms with Gasteiger partial charge in [0.25, 0.3) is 0 Å². The van der Waals surface area contributed by atoms with Crippen LogP contribution in [-0.2, 0) is 15.1 Å². The van der Waals surface area contributed by atoms with Crippen molar-refractivity contribution < 1.29 is 9.53 Å². The topological polar surface area (TPSA) is 26.3 Å². The molecule has 2 heteroatoms. The second-order valence-electron chi connectivity index (χ2n) is 4.61. The van der Waals surface area contributed by atoms with Crippen molar-refractivity contribution in [2.24, 2.45) is 0 Å². The van der Waals surface area contributed by atoms with Crippen molar-refractivity contribution in [1.82, 2.24) is 0 Å². The monoisotopic (exact) mass is 288 g/mol. The number of hydrogen-bond acceptors (Lipinski definition) is 2. The Morgan fingerprint density at radius 2 is 1.73 bits per heavy atom. The van der Waals surface area contributed by atoms with E-state index in [0.717, 1.165) is 11.6 Å². The summed E-state index contributed by atoms with van der Waals surface area (Å²) in [7, 11) is 0. The van der Waals surface area contributed by atoms with Crippen LogP contribution in [0.5, 0.6) is 0 Å². The molecule has 0 spiro atoms. The lowest BCUT2D eigenvalue weighted by Crippen LogP contribution is -2.32. The van der Waals surface area contributed by atoms with E-state index in [1.54, 1.807) is 6.08 Å². The molecule has 2 rings (SSSR count). The summed E-state index contributed by atoms with van der Waals surface area (Å²) < 4.78 is 5.61. The summed E-state index contributed by atoms with van der Waals surface area (Å²) in [4.78, 5) is 11.9. The lowest BCUT2D eigenvalue weighted by molar-refractivity contribution is -0.145. The third-order valence-electron chi connectivity index (χ3n) is 3.36. The molecule has 0 aliphatic carbocycles. The Hall–Kier alpha value is -3.05. The maximum Gasteiger partial charge on any atom is 0.332 e. The molecule has 0 fully saturated rings. The summed E-state index contributed by atoms with van der Waals surface area (Å²) >= 11 is 0. The van der Waals surface area contributed by atoms with Gasteiger partial charge in [0.1, 0.15) is 0 Å². The van der Waals surface area contributed by atoms with Crippen LogP contribution in [0, 0.1) is 12.3 Å². The summed E-state index contributed by atoms with van der Waals surface area (Å²) in [6, 6.07) is 16.7. The van der Waals surface area contributed by atoms with Crippen molar-refractivity contribution in [3.05, 3.63) is 90.5 Å². The molecule has 0 aliphatic rings. The van der Waals surface area contributed by atoms with Crippen LogP contribution in [0.4, 0.5) is 0 Å². The van der Waals surface area contributed by atoms with E-state index in [1.807, 2.05) is 54.6 Å². The fourth-order valence-electron chi connectivity index (χ4n) is 2.32. The zero-order valence-corrected chi connectivity index (χ0v) is 12.2. The highest BCUT2D eigenvalue weighted by molar-refractivity contribution is 5.82. The number of terminal acetylenes is 1. The average molecular weight is 288 g/mol. The zero-order valence-electron chi connectivity index (χ0n) is 12.2. The van der Waals surface area contributed by atoms with Gasteiger partial charge in [-0.2, -0.15) is 0 Å². The predicted octanol–water partition coefficient (Wildman–Crippen LogP) is 3.94. The minimum atomic E-state index is -1.32. The van der Waals surface area contributed by atoms with E-state index < -0.39 is 11.6 Å². The van der Waals surface area contributed by atoms with Crippen LogP contribution in [0.3, 0.4) is 0 Å². The number of benzene rings is 2. The molecule has 0 saturated carbocycles. The summed E-state index contributed by atoms with van der Waals surface area (Å²) in [6.07, 6.45) is 8.59. The highest BCUT2D eigenvalue weighted by Gasteiger charge is 2.37. The first kappa shape index (κ1) is 15.3. The lowest BCUT2D eigenvalue weighted by Gasteiger charge is -2.30. The first-order valence-corrected chi connectivity index (χ1v) is 6.78. The first-order valence-electron chi connectivity index (χ1n) is 6.78. The molecule has 0 bridgehead atoms. The van der Waals surface area contributed by atoms with Gasteiger partial charge in [0, 0.05) is 17.2 Å². The summed E-state index contributed by atoms with van der Waals surface area (Å²) in [5, 5.41) is 0. The van der Waals surface area contributed by atoms with Gasteiger partial charge < -0.3 is 4.74 Å². The average Bonchev–Trinajstić information content (AvgIpc) is 2.60. The maximum atomic E-state index is 11.9. The summed E-state index contributed by atoms with van der Waals surface area (Å²) in [5.41, 5.74) is 0.870. The Balaban J connectivity index is 2.74. The Morgan fingerprint density at radius 1 is 1.09 bits per heavy atom. The van der Waals surface area contributed by atoms with Crippen LogP contribution in [0.15, 0.2) is 73.8 Å². The van der Waals surface area contributed by atoms with Crippen LogP contribution in [-0.4, -0.2) is 5.97 Å². The molecule has 0 saturated heterocycles. The molecule has 0 aliphatic heterocycles. The maximum absolute atomic E-state index is 11.9. The second-order valence-corrected chi connectivity index (χ2v) is 4.61. The molecule has 0 amide bonds. The number of carbonyl (C=O) groups is 1. The molecule has 2 aromatic carbocycles. The number of hydrogen-bond donors (Lipinski definition) is 0. The fraction of sp³-hybridized carbons (Fsp3) is 0.0500. The second kappa shape index (κ2) is 6.60. The zero-order chi connectivity index (χ0) is 16.0. The van der Waals surface area contributed by atoms with E-state index in [9.17, 15) is 4.79 Å². The minimum absolute atomic E-state index is 0.583. The van der Waals surface area contributed by atoms with Gasteiger partial charge in [0.2, 0.25) is 5.60 Å². The molecule has 0 radical (unpaired) electrons. The fourth-order valence-corrected chi connectivity index (χ4v) is 2.32. The van der Waals surface area contributed by atoms with Crippen molar-refractivity contribution in [3.8, 4) is 12.3 Å². The summed E-state index contributed by atoms with van der Waals surface area (Å²) in [5.74, 6) is 2.07. The van der Waals surface area contributed by atoms with Gasteiger partial charge in [-0.1, -0.05) is 73.8 Å².